The van der Waals surface area contributed by atoms with Gasteiger partial charge >= 0.3 is 0 Å². The number of nitrogens with one attached hydrogen (secondary N) is 1. The number of nitrogen functional groups attached to an aromatic ring is 1. The molecular formula is C16H24N2O. The second-order valence-corrected chi connectivity index (χ2v) is 5.67. The van der Waals surface area contributed by atoms with E-state index in [1.807, 2.05) is 24.3 Å². The largest absolute Gasteiger partial charge is 0.399 e. The molecule has 1 aromatic rings. The predicted octanol–water partition coefficient (Wildman–Crippen LogP) is 3.21. The summed E-state index contributed by atoms with van der Waals surface area (Å²) < 4.78 is 0. The number of rotatable bonds is 4. The Hall–Kier alpha value is -1.51. The van der Waals surface area contributed by atoms with Crippen LogP contribution >= 0.6 is 0 Å². The first-order valence-corrected chi connectivity index (χ1v) is 7.30. The highest BCUT2D eigenvalue weighted by molar-refractivity contribution is 5.77. The Bertz CT molecular complexity index is 407. The van der Waals surface area contributed by atoms with Gasteiger partial charge in [-0.15, -0.1) is 0 Å². The van der Waals surface area contributed by atoms with Crippen LogP contribution in [0.25, 0.3) is 0 Å². The van der Waals surface area contributed by atoms with Crippen LogP contribution in [0.2, 0.25) is 0 Å². The third-order valence-corrected chi connectivity index (χ3v) is 3.97. The highest BCUT2D eigenvalue weighted by Crippen LogP contribution is 2.21. The molecule has 19 heavy (non-hydrogen) atoms. The molecule has 0 bridgehead atoms. The fraction of sp³-hybridized carbons (Fsp3) is 0.562. The fourth-order valence-electron chi connectivity index (χ4n) is 2.75. The minimum atomic E-state index is 0.177. The molecule has 0 aliphatic heterocycles. The molecule has 1 unspecified atom stereocenters. The Morgan fingerprint density at radius 2 is 1.89 bits per heavy atom. The fourth-order valence-corrected chi connectivity index (χ4v) is 2.75. The predicted molar refractivity (Wildman–Crippen MR) is 78.9 cm³/mol. The molecule has 1 saturated carbocycles. The highest BCUT2D eigenvalue weighted by Gasteiger charge is 2.17. The zero-order chi connectivity index (χ0) is 13.7. The van der Waals surface area contributed by atoms with Gasteiger partial charge < -0.3 is 11.1 Å². The number of anilines is 1. The summed E-state index contributed by atoms with van der Waals surface area (Å²) in [5.74, 6) is 0.417. The maximum Gasteiger partial charge on any atom is 0.220 e. The van der Waals surface area contributed by atoms with Crippen LogP contribution in [0.15, 0.2) is 24.3 Å². The Labute approximate surface area is 115 Å². The molecule has 3 heteroatoms. The third kappa shape index (κ3) is 4.27. The van der Waals surface area contributed by atoms with E-state index < -0.39 is 0 Å². The molecule has 1 fully saturated rings. The van der Waals surface area contributed by atoms with Crippen LogP contribution in [-0.4, -0.2) is 11.9 Å². The first-order chi connectivity index (χ1) is 9.15. The molecule has 0 radical (unpaired) electrons. The van der Waals surface area contributed by atoms with Gasteiger partial charge in [-0.3, -0.25) is 4.79 Å². The van der Waals surface area contributed by atoms with Gasteiger partial charge in [0.15, 0.2) is 0 Å². The zero-order valence-electron chi connectivity index (χ0n) is 11.7. The van der Waals surface area contributed by atoms with Crippen molar-refractivity contribution in [3.05, 3.63) is 29.8 Å². The molecule has 104 valence electrons. The van der Waals surface area contributed by atoms with E-state index in [4.69, 9.17) is 5.73 Å². The maximum atomic E-state index is 12.0. The van der Waals surface area contributed by atoms with Crippen molar-refractivity contribution in [1.29, 1.82) is 0 Å². The SMILES string of the molecule is CC(CC(=O)NC1CCCCC1)c1ccc(N)cc1. The van der Waals surface area contributed by atoms with Gasteiger partial charge in [0, 0.05) is 18.2 Å². The molecule has 1 aliphatic carbocycles. The quantitative estimate of drug-likeness (QED) is 0.817. The van der Waals surface area contributed by atoms with Crippen molar-refractivity contribution in [1.82, 2.24) is 5.32 Å². The molecule has 3 N–H and O–H groups in total. The molecule has 2 rings (SSSR count). The highest BCUT2D eigenvalue weighted by atomic mass is 16.1. The van der Waals surface area contributed by atoms with E-state index in [1.54, 1.807) is 0 Å². The van der Waals surface area contributed by atoms with E-state index in [-0.39, 0.29) is 11.8 Å². The minimum Gasteiger partial charge on any atom is -0.399 e. The van der Waals surface area contributed by atoms with E-state index in [1.165, 1.54) is 24.8 Å². The van der Waals surface area contributed by atoms with Gasteiger partial charge in [-0.1, -0.05) is 38.3 Å². The van der Waals surface area contributed by atoms with E-state index in [0.717, 1.165) is 18.5 Å². The Morgan fingerprint density at radius 3 is 2.53 bits per heavy atom. The molecule has 1 aliphatic rings. The number of benzene rings is 1. The van der Waals surface area contributed by atoms with Gasteiger partial charge in [0.25, 0.3) is 0 Å². The Kier molecular flexibility index (Phi) is 4.83. The molecule has 1 aromatic carbocycles. The lowest BCUT2D eigenvalue weighted by Crippen LogP contribution is -2.36. The summed E-state index contributed by atoms with van der Waals surface area (Å²) in [6.45, 7) is 2.09. The normalized spacial score (nSPS) is 17.9. The van der Waals surface area contributed by atoms with Gasteiger partial charge in [-0.05, 0) is 36.5 Å². The van der Waals surface area contributed by atoms with Crippen molar-refractivity contribution in [2.24, 2.45) is 0 Å². The number of carbonyl (C=O) groups excluding carboxylic acids is 1. The van der Waals surface area contributed by atoms with Crippen molar-refractivity contribution in [2.45, 2.75) is 57.4 Å². The van der Waals surface area contributed by atoms with Crippen LogP contribution in [0.4, 0.5) is 5.69 Å². The number of amides is 1. The average molecular weight is 260 g/mol. The molecule has 0 heterocycles. The molecule has 0 aromatic heterocycles. The summed E-state index contributed by atoms with van der Waals surface area (Å²) in [5, 5.41) is 3.17. The van der Waals surface area contributed by atoms with Crippen LogP contribution in [-0.2, 0) is 4.79 Å². The topological polar surface area (TPSA) is 55.1 Å². The number of hydrogen-bond donors (Lipinski definition) is 2. The summed E-state index contributed by atoms with van der Waals surface area (Å²) in [4.78, 5) is 12.0. The number of nitrogens with two attached hydrogens (primary N) is 1. The number of hydrogen-bond acceptors (Lipinski definition) is 2. The number of carbonyl (C=O) groups is 1. The van der Waals surface area contributed by atoms with Crippen LogP contribution in [0.1, 0.15) is 56.9 Å². The summed E-state index contributed by atoms with van der Waals surface area (Å²) >= 11 is 0. The van der Waals surface area contributed by atoms with Crippen LogP contribution in [0, 0.1) is 0 Å². The van der Waals surface area contributed by atoms with E-state index in [0.29, 0.717) is 12.5 Å². The third-order valence-electron chi connectivity index (χ3n) is 3.97. The minimum absolute atomic E-state index is 0.177. The standard InChI is InChI=1S/C16H24N2O/c1-12(13-7-9-14(17)10-8-13)11-16(19)18-15-5-3-2-4-6-15/h7-10,12,15H,2-6,11,17H2,1H3,(H,18,19). The molecule has 1 amide bonds. The lowest BCUT2D eigenvalue weighted by atomic mass is 9.94. The van der Waals surface area contributed by atoms with Gasteiger partial charge in [-0.25, -0.2) is 0 Å². The Balaban J connectivity index is 1.82. The van der Waals surface area contributed by atoms with E-state index >= 15 is 0 Å². The smallest absolute Gasteiger partial charge is 0.220 e. The van der Waals surface area contributed by atoms with Gasteiger partial charge in [0.2, 0.25) is 5.91 Å². The molecule has 1 atom stereocenters. The summed E-state index contributed by atoms with van der Waals surface area (Å²) in [5.41, 5.74) is 7.61. The van der Waals surface area contributed by atoms with E-state index in [9.17, 15) is 4.79 Å². The molecular weight excluding hydrogens is 236 g/mol. The average Bonchev–Trinajstić information content (AvgIpc) is 2.40. The summed E-state index contributed by atoms with van der Waals surface area (Å²) in [6.07, 6.45) is 6.65. The second kappa shape index (κ2) is 6.60. The summed E-state index contributed by atoms with van der Waals surface area (Å²) in [6, 6.07) is 8.21. The first kappa shape index (κ1) is 13.9. The molecule has 3 nitrogen and oxygen atoms in total. The van der Waals surface area contributed by atoms with Crippen LogP contribution in [0.3, 0.4) is 0 Å². The van der Waals surface area contributed by atoms with E-state index in [2.05, 4.69) is 12.2 Å². The first-order valence-electron chi connectivity index (χ1n) is 7.30. The lowest BCUT2D eigenvalue weighted by molar-refractivity contribution is -0.122. The van der Waals surface area contributed by atoms with Gasteiger partial charge in [0.05, 0.1) is 0 Å². The van der Waals surface area contributed by atoms with Crippen LogP contribution < -0.4 is 11.1 Å². The monoisotopic (exact) mass is 260 g/mol. The maximum absolute atomic E-state index is 12.0. The molecule has 0 saturated heterocycles. The second-order valence-electron chi connectivity index (χ2n) is 5.67. The summed E-state index contributed by atoms with van der Waals surface area (Å²) in [7, 11) is 0. The lowest BCUT2D eigenvalue weighted by Gasteiger charge is -2.23. The van der Waals surface area contributed by atoms with Crippen molar-refractivity contribution in [2.75, 3.05) is 5.73 Å². The zero-order valence-corrected chi connectivity index (χ0v) is 11.7. The van der Waals surface area contributed by atoms with Gasteiger partial charge in [0.1, 0.15) is 0 Å². The van der Waals surface area contributed by atoms with Crippen molar-refractivity contribution >= 4 is 11.6 Å². The molecule has 0 spiro atoms. The van der Waals surface area contributed by atoms with Crippen LogP contribution in [0.5, 0.6) is 0 Å². The van der Waals surface area contributed by atoms with Crippen molar-refractivity contribution in [3.63, 3.8) is 0 Å². The van der Waals surface area contributed by atoms with Crippen molar-refractivity contribution in [3.8, 4) is 0 Å². The Morgan fingerprint density at radius 1 is 1.26 bits per heavy atom. The van der Waals surface area contributed by atoms with Gasteiger partial charge in [-0.2, -0.15) is 0 Å². The van der Waals surface area contributed by atoms with Crippen molar-refractivity contribution < 1.29 is 4.79 Å².